The molecular weight excluding hydrogens is 382 g/mol. The molecule has 2 aromatic rings. The van der Waals surface area contributed by atoms with Crippen LogP contribution in [0.15, 0.2) is 33.6 Å². The molecule has 0 aliphatic rings. The average Bonchev–Trinajstić information content (AvgIpc) is 2.66. The van der Waals surface area contributed by atoms with Crippen molar-refractivity contribution in [2.45, 2.75) is 25.3 Å². The molecule has 1 aromatic carbocycles. The smallest absolute Gasteiger partial charge is 0.207 e. The number of aryl methyl sites for hydroxylation is 2. The van der Waals surface area contributed by atoms with Gasteiger partial charge in [-0.25, -0.2) is 13.1 Å². The summed E-state index contributed by atoms with van der Waals surface area (Å²) in [6, 6.07) is 6.70. The van der Waals surface area contributed by atoms with E-state index in [2.05, 4.69) is 20.7 Å². The number of thiophene rings is 1. The molecule has 108 valence electrons. The second-order valence-electron chi connectivity index (χ2n) is 4.35. The van der Waals surface area contributed by atoms with Gasteiger partial charge in [0.1, 0.15) is 4.90 Å². The number of nitrogens with one attached hydrogen (secondary N) is 1. The van der Waals surface area contributed by atoms with E-state index < -0.39 is 10.0 Å². The van der Waals surface area contributed by atoms with E-state index >= 15 is 0 Å². The van der Waals surface area contributed by atoms with Gasteiger partial charge in [0.2, 0.25) is 10.0 Å². The molecule has 1 N–H and O–H groups in total. The van der Waals surface area contributed by atoms with Crippen LogP contribution in [0, 0.1) is 13.8 Å². The van der Waals surface area contributed by atoms with Crippen LogP contribution in [-0.2, 0) is 16.6 Å². The zero-order valence-electron chi connectivity index (χ0n) is 10.9. The highest BCUT2D eigenvalue weighted by molar-refractivity contribution is 9.10. The van der Waals surface area contributed by atoms with Gasteiger partial charge < -0.3 is 0 Å². The van der Waals surface area contributed by atoms with Crippen LogP contribution < -0.4 is 4.72 Å². The van der Waals surface area contributed by atoms with Gasteiger partial charge in [-0.15, -0.1) is 11.3 Å². The highest BCUT2D eigenvalue weighted by Crippen LogP contribution is 2.26. The third kappa shape index (κ3) is 3.62. The van der Waals surface area contributed by atoms with Gasteiger partial charge >= 0.3 is 0 Å². The van der Waals surface area contributed by atoms with E-state index in [4.69, 9.17) is 11.6 Å². The summed E-state index contributed by atoms with van der Waals surface area (Å²) in [6.45, 7) is 4.30. The van der Waals surface area contributed by atoms with Gasteiger partial charge in [0.15, 0.2) is 0 Å². The number of halogens is 2. The maximum absolute atomic E-state index is 12.2. The molecule has 1 heterocycles. The van der Waals surface area contributed by atoms with Gasteiger partial charge in [-0.3, -0.25) is 0 Å². The lowest BCUT2D eigenvalue weighted by atomic mass is 10.3. The predicted molar refractivity (Wildman–Crippen MR) is 87.0 cm³/mol. The molecule has 1 aromatic heterocycles. The standard InChI is InChI=1S/C13H13BrClNO2S2/c1-8-5-11(19-9(8)2)7-16-20(17,18)13-4-3-10(14)6-12(13)15/h3-6,16H,7H2,1-2H3. The summed E-state index contributed by atoms with van der Waals surface area (Å²) >= 11 is 10.8. The lowest BCUT2D eigenvalue weighted by Gasteiger charge is -2.07. The van der Waals surface area contributed by atoms with E-state index in [0.717, 1.165) is 9.35 Å². The lowest BCUT2D eigenvalue weighted by Crippen LogP contribution is -2.23. The highest BCUT2D eigenvalue weighted by atomic mass is 79.9. The van der Waals surface area contributed by atoms with Gasteiger partial charge in [-0.2, -0.15) is 0 Å². The Morgan fingerprint density at radius 3 is 2.55 bits per heavy atom. The van der Waals surface area contributed by atoms with Gasteiger partial charge in [-0.05, 0) is 43.7 Å². The van der Waals surface area contributed by atoms with E-state index in [0.29, 0.717) is 0 Å². The van der Waals surface area contributed by atoms with Crippen LogP contribution in [0.4, 0.5) is 0 Å². The first-order chi connectivity index (χ1) is 9.29. The maximum Gasteiger partial charge on any atom is 0.242 e. The molecule has 0 fully saturated rings. The fourth-order valence-electron chi connectivity index (χ4n) is 1.67. The molecule has 0 saturated heterocycles. The van der Waals surface area contributed by atoms with Crippen molar-refractivity contribution >= 4 is 48.9 Å². The number of sulfonamides is 1. The minimum atomic E-state index is -3.61. The Labute approximate surface area is 136 Å². The van der Waals surface area contributed by atoms with Crippen molar-refractivity contribution in [3.05, 3.63) is 49.1 Å². The predicted octanol–water partition coefficient (Wildman–Crippen LogP) is 4.26. The van der Waals surface area contributed by atoms with Gasteiger partial charge in [0.05, 0.1) is 5.02 Å². The molecule has 0 aliphatic carbocycles. The molecule has 0 atom stereocenters. The van der Waals surface area contributed by atoms with Gasteiger partial charge in [0, 0.05) is 20.8 Å². The molecule has 0 amide bonds. The van der Waals surface area contributed by atoms with E-state index in [1.807, 2.05) is 19.9 Å². The molecular formula is C13H13BrClNO2S2. The maximum atomic E-state index is 12.2. The molecule has 2 rings (SSSR count). The lowest BCUT2D eigenvalue weighted by molar-refractivity contribution is 0.582. The Balaban J connectivity index is 2.19. The van der Waals surface area contributed by atoms with Crippen molar-refractivity contribution in [1.82, 2.24) is 4.72 Å². The summed E-state index contributed by atoms with van der Waals surface area (Å²) in [5.74, 6) is 0. The SMILES string of the molecule is Cc1cc(CNS(=O)(=O)c2ccc(Br)cc2Cl)sc1C. The van der Waals surface area contributed by atoms with Crippen molar-refractivity contribution in [2.24, 2.45) is 0 Å². The molecule has 0 bridgehead atoms. The molecule has 3 nitrogen and oxygen atoms in total. The monoisotopic (exact) mass is 393 g/mol. The zero-order chi connectivity index (χ0) is 14.9. The number of benzene rings is 1. The zero-order valence-corrected chi connectivity index (χ0v) is 14.9. The Hall–Kier alpha value is -0.400. The molecule has 0 aliphatic heterocycles. The molecule has 0 spiro atoms. The fourth-order valence-corrected chi connectivity index (χ4v) is 4.80. The second-order valence-corrected chi connectivity index (χ2v) is 8.75. The van der Waals surface area contributed by atoms with Crippen molar-refractivity contribution in [3.63, 3.8) is 0 Å². The molecule has 7 heteroatoms. The quantitative estimate of drug-likeness (QED) is 0.842. The summed E-state index contributed by atoms with van der Waals surface area (Å²) in [6.07, 6.45) is 0. The van der Waals surface area contributed by atoms with Crippen molar-refractivity contribution in [1.29, 1.82) is 0 Å². The minimum Gasteiger partial charge on any atom is -0.207 e. The Morgan fingerprint density at radius 1 is 1.30 bits per heavy atom. The first kappa shape index (κ1) is 16.0. The van der Waals surface area contributed by atoms with Crippen LogP contribution in [0.1, 0.15) is 15.3 Å². The van der Waals surface area contributed by atoms with Crippen molar-refractivity contribution in [3.8, 4) is 0 Å². The van der Waals surface area contributed by atoms with Crippen LogP contribution in [0.3, 0.4) is 0 Å². The fraction of sp³-hybridized carbons (Fsp3) is 0.231. The Bertz CT molecular complexity index is 721. The molecule has 20 heavy (non-hydrogen) atoms. The van der Waals surface area contributed by atoms with E-state index in [9.17, 15) is 8.42 Å². The summed E-state index contributed by atoms with van der Waals surface area (Å²) in [5.41, 5.74) is 1.17. The summed E-state index contributed by atoms with van der Waals surface area (Å²) in [5, 5.41) is 0.199. The Morgan fingerprint density at radius 2 is 2.00 bits per heavy atom. The molecule has 0 unspecified atom stereocenters. The summed E-state index contributed by atoms with van der Waals surface area (Å²) in [4.78, 5) is 2.27. The first-order valence-corrected chi connectivity index (χ1v) is 9.27. The van der Waals surface area contributed by atoms with Gasteiger partial charge in [-0.1, -0.05) is 27.5 Å². The normalized spacial score (nSPS) is 11.8. The van der Waals surface area contributed by atoms with Crippen LogP contribution in [0.25, 0.3) is 0 Å². The summed E-state index contributed by atoms with van der Waals surface area (Å²) in [7, 11) is -3.61. The first-order valence-electron chi connectivity index (χ1n) is 5.80. The third-order valence-electron chi connectivity index (χ3n) is 2.84. The second kappa shape index (κ2) is 6.15. The van der Waals surface area contributed by atoms with Crippen LogP contribution >= 0.6 is 38.9 Å². The number of rotatable bonds is 4. The average molecular weight is 395 g/mol. The van der Waals surface area contributed by atoms with Crippen LogP contribution in [0.5, 0.6) is 0 Å². The van der Waals surface area contributed by atoms with E-state index in [-0.39, 0.29) is 16.5 Å². The van der Waals surface area contributed by atoms with Crippen molar-refractivity contribution in [2.75, 3.05) is 0 Å². The molecule has 0 radical (unpaired) electrons. The van der Waals surface area contributed by atoms with Gasteiger partial charge in [0.25, 0.3) is 0 Å². The highest BCUT2D eigenvalue weighted by Gasteiger charge is 2.18. The number of hydrogen-bond acceptors (Lipinski definition) is 3. The third-order valence-corrected chi connectivity index (χ3v) is 6.37. The van der Waals surface area contributed by atoms with E-state index in [1.165, 1.54) is 16.5 Å². The Kier molecular flexibility index (Phi) is 4.92. The van der Waals surface area contributed by atoms with Crippen LogP contribution in [0.2, 0.25) is 5.02 Å². The summed E-state index contributed by atoms with van der Waals surface area (Å²) < 4.78 is 27.8. The number of hydrogen-bond donors (Lipinski definition) is 1. The molecule has 0 saturated carbocycles. The largest absolute Gasteiger partial charge is 0.242 e. The topological polar surface area (TPSA) is 46.2 Å². The minimum absolute atomic E-state index is 0.0902. The van der Waals surface area contributed by atoms with Crippen LogP contribution in [-0.4, -0.2) is 8.42 Å². The van der Waals surface area contributed by atoms with E-state index in [1.54, 1.807) is 23.5 Å². The van der Waals surface area contributed by atoms with Crippen molar-refractivity contribution < 1.29 is 8.42 Å².